The zero-order valence-electron chi connectivity index (χ0n) is 10.0. The monoisotopic (exact) mass is 258 g/mol. The van der Waals surface area contributed by atoms with Crippen LogP contribution in [-0.2, 0) is 15.6 Å². The van der Waals surface area contributed by atoms with Crippen LogP contribution in [0.4, 0.5) is 0 Å². The molecule has 0 bridgehead atoms. The van der Waals surface area contributed by atoms with Gasteiger partial charge in [-0.3, -0.25) is 0 Å². The van der Waals surface area contributed by atoms with Gasteiger partial charge in [-0.2, -0.15) is 0 Å². The molecule has 5 heteroatoms. The molecule has 0 saturated carbocycles. The number of hydrogen-bond acceptors (Lipinski definition) is 4. The number of aliphatic hydroxyl groups excluding tert-OH is 2. The van der Waals surface area contributed by atoms with Crippen molar-refractivity contribution in [1.29, 1.82) is 0 Å². The van der Waals surface area contributed by atoms with Gasteiger partial charge in [0.25, 0.3) is 0 Å². The van der Waals surface area contributed by atoms with E-state index in [1.807, 2.05) is 32.0 Å². The average Bonchev–Trinajstić information content (AvgIpc) is 2.13. The van der Waals surface area contributed by atoms with E-state index in [0.29, 0.717) is 5.56 Å². The molecule has 0 spiro atoms. The first-order valence-electron chi connectivity index (χ1n) is 5.39. The summed E-state index contributed by atoms with van der Waals surface area (Å²) >= 11 is 0. The Balaban J connectivity index is 2.83. The Labute approximate surface area is 102 Å². The largest absolute Gasteiger partial charge is 0.394 e. The summed E-state index contributed by atoms with van der Waals surface area (Å²) in [5.41, 5.74) is 2.74. The highest BCUT2D eigenvalue weighted by molar-refractivity contribution is 7.90. The van der Waals surface area contributed by atoms with Gasteiger partial charge in [0, 0.05) is 0 Å². The van der Waals surface area contributed by atoms with Crippen LogP contribution in [0.15, 0.2) is 18.2 Å². The summed E-state index contributed by atoms with van der Waals surface area (Å²) in [6, 6.07) is 5.60. The first-order chi connectivity index (χ1) is 7.82. The van der Waals surface area contributed by atoms with E-state index in [-0.39, 0.29) is 5.75 Å². The molecule has 1 rings (SSSR count). The van der Waals surface area contributed by atoms with Crippen LogP contribution < -0.4 is 0 Å². The van der Waals surface area contributed by atoms with E-state index in [1.165, 1.54) is 0 Å². The van der Waals surface area contributed by atoms with Crippen molar-refractivity contribution in [2.24, 2.45) is 0 Å². The Kier molecular flexibility index (Phi) is 4.68. The number of sulfone groups is 1. The maximum Gasteiger partial charge on any atom is 0.157 e. The molecular weight excluding hydrogens is 240 g/mol. The summed E-state index contributed by atoms with van der Waals surface area (Å²) < 4.78 is 23.4. The lowest BCUT2D eigenvalue weighted by atomic mass is 10.1. The fraction of sp³-hybridized carbons (Fsp3) is 0.500. The Morgan fingerprint density at radius 2 is 1.71 bits per heavy atom. The Hall–Kier alpha value is -0.910. The van der Waals surface area contributed by atoms with Crippen LogP contribution in [0.2, 0.25) is 0 Å². The van der Waals surface area contributed by atoms with Crippen LogP contribution in [0, 0.1) is 13.8 Å². The zero-order valence-corrected chi connectivity index (χ0v) is 10.9. The molecule has 0 amide bonds. The summed E-state index contributed by atoms with van der Waals surface area (Å²) in [7, 11) is -3.39. The second-order valence-corrected chi connectivity index (χ2v) is 6.50. The first kappa shape index (κ1) is 14.2. The molecule has 0 heterocycles. The fourth-order valence-electron chi connectivity index (χ4n) is 1.81. The van der Waals surface area contributed by atoms with Crippen molar-refractivity contribution in [3.8, 4) is 0 Å². The molecule has 1 aromatic rings. The van der Waals surface area contributed by atoms with E-state index in [1.54, 1.807) is 0 Å². The van der Waals surface area contributed by atoms with Gasteiger partial charge < -0.3 is 10.2 Å². The summed E-state index contributed by atoms with van der Waals surface area (Å²) in [6.45, 7) is 3.28. The molecule has 1 aromatic carbocycles. The molecule has 0 saturated heterocycles. The van der Waals surface area contributed by atoms with Crippen LogP contribution >= 0.6 is 0 Å². The minimum Gasteiger partial charge on any atom is -0.394 e. The number of rotatable bonds is 5. The van der Waals surface area contributed by atoms with Crippen molar-refractivity contribution >= 4 is 9.84 Å². The molecule has 17 heavy (non-hydrogen) atoms. The van der Waals surface area contributed by atoms with Gasteiger partial charge in [0.1, 0.15) is 0 Å². The molecule has 96 valence electrons. The Bertz CT molecular complexity index is 459. The normalized spacial score (nSPS) is 13.6. The molecular formula is C12H18O4S. The number of hydrogen-bond donors (Lipinski definition) is 2. The lowest BCUT2D eigenvalue weighted by Gasteiger charge is -2.09. The maximum absolute atomic E-state index is 11.7. The van der Waals surface area contributed by atoms with Crippen molar-refractivity contribution in [1.82, 2.24) is 0 Å². The van der Waals surface area contributed by atoms with E-state index in [9.17, 15) is 8.42 Å². The molecule has 0 aromatic heterocycles. The lowest BCUT2D eigenvalue weighted by molar-refractivity contribution is 0.112. The molecule has 2 N–H and O–H groups in total. The average molecular weight is 258 g/mol. The van der Waals surface area contributed by atoms with Crippen LogP contribution in [0.1, 0.15) is 16.7 Å². The first-order valence-corrected chi connectivity index (χ1v) is 7.21. The van der Waals surface area contributed by atoms with E-state index >= 15 is 0 Å². The van der Waals surface area contributed by atoms with Gasteiger partial charge in [0.15, 0.2) is 9.84 Å². The molecule has 0 aliphatic carbocycles. The molecule has 1 atom stereocenters. The van der Waals surface area contributed by atoms with Gasteiger partial charge in [-0.25, -0.2) is 8.42 Å². The van der Waals surface area contributed by atoms with Crippen molar-refractivity contribution in [2.75, 3.05) is 12.4 Å². The van der Waals surface area contributed by atoms with E-state index < -0.39 is 28.3 Å². The van der Waals surface area contributed by atoms with E-state index in [0.717, 1.165) is 11.1 Å². The smallest absolute Gasteiger partial charge is 0.157 e. The topological polar surface area (TPSA) is 74.6 Å². The minimum absolute atomic E-state index is 0.105. The molecule has 0 unspecified atom stereocenters. The zero-order chi connectivity index (χ0) is 13.1. The van der Waals surface area contributed by atoms with Gasteiger partial charge in [-0.1, -0.05) is 29.3 Å². The molecule has 0 aliphatic rings. The highest BCUT2D eigenvalue weighted by Gasteiger charge is 2.17. The minimum atomic E-state index is -3.39. The van der Waals surface area contributed by atoms with Gasteiger partial charge in [-0.05, 0) is 19.4 Å². The quantitative estimate of drug-likeness (QED) is 0.810. The number of aryl methyl sites for hydroxylation is 2. The highest BCUT2D eigenvalue weighted by Crippen LogP contribution is 2.13. The second kappa shape index (κ2) is 5.62. The van der Waals surface area contributed by atoms with Gasteiger partial charge in [-0.15, -0.1) is 0 Å². The van der Waals surface area contributed by atoms with Gasteiger partial charge in [0.05, 0.1) is 24.2 Å². The van der Waals surface area contributed by atoms with Gasteiger partial charge in [0.2, 0.25) is 0 Å². The van der Waals surface area contributed by atoms with Crippen molar-refractivity contribution in [3.63, 3.8) is 0 Å². The third-order valence-electron chi connectivity index (χ3n) is 2.33. The van der Waals surface area contributed by atoms with Crippen molar-refractivity contribution in [3.05, 3.63) is 34.9 Å². The number of benzene rings is 1. The summed E-state index contributed by atoms with van der Waals surface area (Å²) in [5, 5.41) is 17.8. The molecule has 0 radical (unpaired) electrons. The maximum atomic E-state index is 11.7. The van der Waals surface area contributed by atoms with Crippen LogP contribution in [0.3, 0.4) is 0 Å². The fourth-order valence-corrected chi connectivity index (χ4v) is 3.30. The standard InChI is InChI=1S/C12H18O4S/c1-9-3-10(2)5-11(4-9)7-17(15,16)8-12(14)6-13/h3-5,12-14H,6-8H2,1-2H3/t12-/m0/s1. The van der Waals surface area contributed by atoms with Crippen LogP contribution in [0.5, 0.6) is 0 Å². The Morgan fingerprint density at radius 3 is 2.18 bits per heavy atom. The van der Waals surface area contributed by atoms with E-state index in [2.05, 4.69) is 0 Å². The third kappa shape index (κ3) is 4.85. The second-order valence-electron chi connectivity index (χ2n) is 4.39. The SMILES string of the molecule is Cc1cc(C)cc(CS(=O)(=O)C[C@@H](O)CO)c1. The van der Waals surface area contributed by atoms with E-state index in [4.69, 9.17) is 10.2 Å². The van der Waals surface area contributed by atoms with Crippen LogP contribution in [0.25, 0.3) is 0 Å². The van der Waals surface area contributed by atoms with Gasteiger partial charge >= 0.3 is 0 Å². The summed E-state index contributed by atoms with van der Waals surface area (Å²) in [5.74, 6) is -0.511. The highest BCUT2D eigenvalue weighted by atomic mass is 32.2. The molecule has 4 nitrogen and oxygen atoms in total. The summed E-state index contributed by atoms with van der Waals surface area (Å²) in [6.07, 6.45) is -1.20. The van der Waals surface area contributed by atoms with Crippen molar-refractivity contribution in [2.45, 2.75) is 25.7 Å². The Morgan fingerprint density at radius 1 is 1.18 bits per heavy atom. The molecule has 0 aliphatic heterocycles. The van der Waals surface area contributed by atoms with Crippen LogP contribution in [-0.4, -0.2) is 37.1 Å². The number of aliphatic hydroxyl groups is 2. The summed E-state index contributed by atoms with van der Waals surface area (Å²) in [4.78, 5) is 0. The predicted molar refractivity (Wildman–Crippen MR) is 66.5 cm³/mol. The lowest BCUT2D eigenvalue weighted by Crippen LogP contribution is -2.25. The molecule has 0 fully saturated rings. The predicted octanol–water partition coefficient (Wildman–Crippen LogP) is 0.571. The van der Waals surface area contributed by atoms with Crippen molar-refractivity contribution < 1.29 is 18.6 Å². The third-order valence-corrected chi connectivity index (χ3v) is 3.99.